The number of aromatic nitrogens is 1. The zero-order chi connectivity index (χ0) is 17.0. The number of halogens is 7. The van der Waals surface area contributed by atoms with Crippen LogP contribution in [-0.4, -0.2) is 29.9 Å². The van der Waals surface area contributed by atoms with Gasteiger partial charge in [-0.15, -0.1) is 0 Å². The molecule has 3 rings (SSSR count). The topological polar surface area (TPSA) is 24.9 Å². The van der Waals surface area contributed by atoms with Gasteiger partial charge in [-0.2, -0.15) is 26.3 Å². The third-order valence-electron chi connectivity index (χ3n) is 4.58. The van der Waals surface area contributed by atoms with E-state index in [-0.39, 0.29) is 24.1 Å². The molecular weight excluding hydrogens is 329 g/mol. The summed E-state index contributed by atoms with van der Waals surface area (Å²) in [5, 5.41) is 3.23. The molecule has 2 aliphatic rings. The highest BCUT2D eigenvalue weighted by atomic mass is 19.4. The third-order valence-corrected chi connectivity index (χ3v) is 4.58. The molecule has 9 heteroatoms. The molecule has 128 valence electrons. The van der Waals surface area contributed by atoms with Gasteiger partial charge in [0.15, 0.2) is 0 Å². The predicted octanol–water partition coefficient (Wildman–Crippen LogP) is 3.76. The molecule has 1 N–H and O–H groups in total. The molecule has 0 bridgehead atoms. The molecule has 0 saturated carbocycles. The van der Waals surface area contributed by atoms with Crippen LogP contribution in [0.1, 0.15) is 35.7 Å². The van der Waals surface area contributed by atoms with Crippen LogP contribution in [0, 0.1) is 0 Å². The Labute approximate surface area is 127 Å². The maximum Gasteiger partial charge on any atom is 0.437 e. The summed E-state index contributed by atoms with van der Waals surface area (Å²) in [4.78, 5) is 3.44. The molecule has 0 amide bonds. The van der Waals surface area contributed by atoms with Gasteiger partial charge < -0.3 is 5.32 Å². The van der Waals surface area contributed by atoms with Crippen molar-refractivity contribution in [3.05, 3.63) is 29.1 Å². The molecular formula is C14H13F7N2. The van der Waals surface area contributed by atoms with Gasteiger partial charge in [-0.3, -0.25) is 4.98 Å². The average molecular weight is 342 g/mol. The number of nitrogens with one attached hydrogen (secondary N) is 1. The fourth-order valence-corrected chi connectivity index (χ4v) is 3.43. The summed E-state index contributed by atoms with van der Waals surface area (Å²) in [5.74, 6) is 0.00563. The largest absolute Gasteiger partial charge is 0.437 e. The number of alkyl halides is 7. The second-order valence-corrected chi connectivity index (χ2v) is 5.88. The Morgan fingerprint density at radius 3 is 2.22 bits per heavy atom. The molecule has 0 aromatic carbocycles. The van der Waals surface area contributed by atoms with Crippen molar-refractivity contribution < 1.29 is 30.7 Å². The van der Waals surface area contributed by atoms with Gasteiger partial charge in [0.1, 0.15) is 0 Å². The number of fused-ring (bicyclic) bond motifs is 3. The van der Waals surface area contributed by atoms with Crippen molar-refractivity contribution in [1.82, 2.24) is 10.3 Å². The van der Waals surface area contributed by atoms with Crippen LogP contribution in [0.5, 0.6) is 0 Å². The molecule has 1 aliphatic heterocycles. The Kier molecular flexibility index (Phi) is 3.62. The van der Waals surface area contributed by atoms with Crippen molar-refractivity contribution >= 4 is 0 Å². The van der Waals surface area contributed by atoms with Crippen LogP contribution in [0.15, 0.2) is 12.1 Å². The fourth-order valence-electron chi connectivity index (χ4n) is 3.43. The Morgan fingerprint density at radius 1 is 0.957 bits per heavy atom. The van der Waals surface area contributed by atoms with E-state index < -0.39 is 23.7 Å². The number of nitrogens with zero attached hydrogens (tertiary/aromatic N) is 1. The second-order valence-electron chi connectivity index (χ2n) is 5.88. The van der Waals surface area contributed by atoms with Crippen molar-refractivity contribution in [3.8, 4) is 0 Å². The fraction of sp³-hybridized carbons (Fsp3) is 0.643. The first-order valence-corrected chi connectivity index (χ1v) is 7.12. The summed E-state index contributed by atoms with van der Waals surface area (Å²) in [6, 6.07) is 1.82. The van der Waals surface area contributed by atoms with Crippen LogP contribution in [0.4, 0.5) is 30.7 Å². The summed E-state index contributed by atoms with van der Waals surface area (Å²) in [6.45, 7) is 0.731. The quantitative estimate of drug-likeness (QED) is 0.786. The van der Waals surface area contributed by atoms with Crippen molar-refractivity contribution in [1.29, 1.82) is 0 Å². The highest BCUT2D eigenvalue weighted by molar-refractivity contribution is 5.34. The van der Waals surface area contributed by atoms with E-state index >= 15 is 0 Å². The maximum absolute atomic E-state index is 14.1. The first-order valence-electron chi connectivity index (χ1n) is 7.12. The number of hydrogen-bond acceptors (Lipinski definition) is 2. The highest BCUT2D eigenvalue weighted by Gasteiger charge is 2.74. The molecule has 0 radical (unpaired) electrons. The second kappa shape index (κ2) is 5.06. The smallest absolute Gasteiger partial charge is 0.313 e. The Balaban J connectivity index is 2.07. The van der Waals surface area contributed by atoms with Gasteiger partial charge in [0.25, 0.3) is 0 Å². The molecule has 23 heavy (non-hydrogen) atoms. The minimum atomic E-state index is -6.13. The SMILES string of the molecule is FC(F)(F)C(F)(c1ccc2c(n1)CCC1NCCC21)C(F)(F)F. The third kappa shape index (κ3) is 2.40. The number of pyridine rings is 1. The minimum Gasteiger partial charge on any atom is -0.313 e. The van der Waals surface area contributed by atoms with E-state index in [1.807, 2.05) is 0 Å². The molecule has 2 atom stereocenters. The van der Waals surface area contributed by atoms with Crippen LogP contribution in [0.25, 0.3) is 0 Å². The molecule has 2 nitrogen and oxygen atoms in total. The van der Waals surface area contributed by atoms with E-state index in [0.29, 0.717) is 18.1 Å². The predicted molar refractivity (Wildman–Crippen MR) is 66.6 cm³/mol. The molecule has 0 spiro atoms. The van der Waals surface area contributed by atoms with Crippen LogP contribution >= 0.6 is 0 Å². The van der Waals surface area contributed by atoms with Crippen LogP contribution in [-0.2, 0) is 12.1 Å². The Morgan fingerprint density at radius 2 is 1.61 bits per heavy atom. The van der Waals surface area contributed by atoms with Gasteiger partial charge in [-0.05, 0) is 37.4 Å². The monoisotopic (exact) mass is 342 g/mol. The minimum absolute atomic E-state index is 0.00563. The molecule has 1 aromatic heterocycles. The van der Waals surface area contributed by atoms with Crippen LogP contribution in [0.2, 0.25) is 0 Å². The molecule has 2 unspecified atom stereocenters. The zero-order valence-electron chi connectivity index (χ0n) is 11.7. The van der Waals surface area contributed by atoms with Crippen molar-refractivity contribution in [3.63, 3.8) is 0 Å². The average Bonchev–Trinajstić information content (AvgIpc) is 2.92. The summed E-state index contributed by atoms with van der Waals surface area (Å²) in [6.07, 6.45) is -10.7. The van der Waals surface area contributed by atoms with Gasteiger partial charge in [0.2, 0.25) is 0 Å². The first kappa shape index (κ1) is 16.5. The molecule has 1 aliphatic carbocycles. The van der Waals surface area contributed by atoms with E-state index in [2.05, 4.69) is 10.3 Å². The number of aryl methyl sites for hydroxylation is 1. The summed E-state index contributed by atoms with van der Waals surface area (Å²) < 4.78 is 90.8. The molecule has 1 fully saturated rings. The van der Waals surface area contributed by atoms with E-state index in [1.54, 1.807) is 0 Å². The summed E-state index contributed by atoms with van der Waals surface area (Å²) >= 11 is 0. The van der Waals surface area contributed by atoms with Crippen LogP contribution < -0.4 is 5.32 Å². The maximum atomic E-state index is 14.1. The van der Waals surface area contributed by atoms with E-state index in [9.17, 15) is 30.7 Å². The van der Waals surface area contributed by atoms with Gasteiger partial charge in [-0.1, -0.05) is 6.07 Å². The Hall–Kier alpha value is -1.38. The van der Waals surface area contributed by atoms with E-state index in [4.69, 9.17) is 0 Å². The van der Waals surface area contributed by atoms with Gasteiger partial charge in [0, 0.05) is 17.7 Å². The van der Waals surface area contributed by atoms with Gasteiger partial charge >= 0.3 is 18.0 Å². The summed E-state index contributed by atoms with van der Waals surface area (Å²) in [7, 11) is 0. The number of hydrogen-bond donors (Lipinski definition) is 1. The van der Waals surface area contributed by atoms with E-state index in [1.165, 1.54) is 0 Å². The van der Waals surface area contributed by atoms with Gasteiger partial charge in [-0.25, -0.2) is 4.39 Å². The Bertz CT molecular complexity index is 594. The standard InChI is InChI=1S/C14H13F7N2/c15-12(13(16,17)18,14(19,20)21)11-4-1-7-8-5-6-22-9(8)2-3-10(7)23-11/h1,4,8-9,22H,2-3,5-6H2. The molecule has 1 saturated heterocycles. The molecule has 1 aromatic rings. The van der Waals surface area contributed by atoms with Gasteiger partial charge in [0.05, 0.1) is 5.69 Å². The van der Waals surface area contributed by atoms with Crippen molar-refractivity contribution in [2.24, 2.45) is 0 Å². The number of rotatable bonds is 1. The van der Waals surface area contributed by atoms with E-state index in [0.717, 1.165) is 19.0 Å². The lowest BCUT2D eigenvalue weighted by Crippen LogP contribution is -2.51. The van der Waals surface area contributed by atoms with Crippen molar-refractivity contribution in [2.75, 3.05) is 6.54 Å². The normalized spacial score (nSPS) is 25.2. The lowest BCUT2D eigenvalue weighted by atomic mass is 9.81. The van der Waals surface area contributed by atoms with Crippen LogP contribution in [0.3, 0.4) is 0 Å². The lowest BCUT2D eigenvalue weighted by Gasteiger charge is -2.32. The molecule has 2 heterocycles. The lowest BCUT2D eigenvalue weighted by molar-refractivity contribution is -0.350. The highest BCUT2D eigenvalue weighted by Crippen LogP contribution is 2.53. The zero-order valence-corrected chi connectivity index (χ0v) is 11.7. The van der Waals surface area contributed by atoms with Crippen molar-refractivity contribution in [2.45, 2.75) is 49.2 Å². The summed E-state index contributed by atoms with van der Waals surface area (Å²) in [5.41, 5.74) is -6.36. The first-order chi connectivity index (χ1) is 10.6.